The van der Waals surface area contributed by atoms with Crippen LogP contribution in [-0.2, 0) is 4.74 Å². The van der Waals surface area contributed by atoms with Gasteiger partial charge in [0.05, 0.1) is 25.4 Å². The van der Waals surface area contributed by atoms with Crippen LogP contribution in [0.25, 0.3) is 0 Å². The van der Waals surface area contributed by atoms with E-state index in [2.05, 4.69) is 14.9 Å². The topological polar surface area (TPSA) is 58.5 Å². The first kappa shape index (κ1) is 15.7. The van der Waals surface area contributed by atoms with Crippen LogP contribution in [0.2, 0.25) is 5.15 Å². The van der Waals surface area contributed by atoms with Crippen molar-refractivity contribution in [2.45, 2.75) is 25.5 Å². The second kappa shape index (κ2) is 6.91. The maximum atomic E-state index is 10.4. The summed E-state index contributed by atoms with van der Waals surface area (Å²) in [4.78, 5) is 11.7. The summed E-state index contributed by atoms with van der Waals surface area (Å²) in [6, 6.07) is 5.74. The Bertz CT molecular complexity index is 603. The molecule has 1 saturated heterocycles. The lowest BCUT2D eigenvalue weighted by molar-refractivity contribution is 0.0684. The van der Waals surface area contributed by atoms with Gasteiger partial charge >= 0.3 is 0 Å². The molecule has 0 aromatic carbocycles. The number of rotatable bonds is 4. The van der Waals surface area contributed by atoms with Crippen molar-refractivity contribution in [1.82, 2.24) is 9.97 Å². The van der Waals surface area contributed by atoms with E-state index in [0.29, 0.717) is 30.6 Å². The molecule has 0 aliphatic carbocycles. The molecule has 0 spiro atoms. The standard InChI is InChI=1S/C15H18ClN3O2S/c1-10-17-14(16)8-15(18-10)19-4-5-21-9-11(19)7-12(20)13-3-2-6-22-13/h2-3,6,8,11-12,20H,4-5,7,9H2,1H3. The van der Waals surface area contributed by atoms with Crippen molar-refractivity contribution in [3.8, 4) is 0 Å². The van der Waals surface area contributed by atoms with Gasteiger partial charge in [-0.05, 0) is 18.4 Å². The van der Waals surface area contributed by atoms with E-state index in [0.717, 1.165) is 17.2 Å². The lowest BCUT2D eigenvalue weighted by atomic mass is 10.1. The van der Waals surface area contributed by atoms with Crippen molar-refractivity contribution in [2.24, 2.45) is 0 Å². The Morgan fingerprint density at radius 2 is 2.41 bits per heavy atom. The number of halogens is 1. The minimum absolute atomic E-state index is 0.0659. The van der Waals surface area contributed by atoms with Crippen LogP contribution in [0.1, 0.15) is 23.2 Å². The number of aromatic nitrogens is 2. The van der Waals surface area contributed by atoms with Crippen LogP contribution < -0.4 is 4.90 Å². The lowest BCUT2D eigenvalue weighted by Crippen LogP contribution is -2.46. The zero-order chi connectivity index (χ0) is 15.5. The molecule has 118 valence electrons. The summed E-state index contributed by atoms with van der Waals surface area (Å²) in [7, 11) is 0. The Hall–Kier alpha value is -1.21. The van der Waals surface area contributed by atoms with E-state index < -0.39 is 6.10 Å². The Balaban J connectivity index is 1.79. The van der Waals surface area contributed by atoms with Crippen molar-refractivity contribution in [1.29, 1.82) is 0 Å². The van der Waals surface area contributed by atoms with Gasteiger partial charge in [0.25, 0.3) is 0 Å². The summed E-state index contributed by atoms with van der Waals surface area (Å²) in [5.41, 5.74) is 0. The molecule has 1 aliphatic rings. The lowest BCUT2D eigenvalue weighted by Gasteiger charge is -2.37. The molecule has 0 amide bonds. The molecule has 3 rings (SSSR count). The van der Waals surface area contributed by atoms with Gasteiger partial charge in [0.2, 0.25) is 0 Å². The van der Waals surface area contributed by atoms with Crippen molar-refractivity contribution in [3.05, 3.63) is 39.4 Å². The van der Waals surface area contributed by atoms with Crippen LogP contribution in [0.3, 0.4) is 0 Å². The molecule has 2 atom stereocenters. The summed E-state index contributed by atoms with van der Waals surface area (Å²) in [6.45, 7) is 3.77. The van der Waals surface area contributed by atoms with Crippen molar-refractivity contribution in [3.63, 3.8) is 0 Å². The van der Waals surface area contributed by atoms with Gasteiger partial charge in [-0.25, -0.2) is 9.97 Å². The molecule has 0 saturated carbocycles. The normalized spacial score (nSPS) is 20.1. The highest BCUT2D eigenvalue weighted by Crippen LogP contribution is 2.28. The SMILES string of the molecule is Cc1nc(Cl)cc(N2CCOCC2CC(O)c2cccs2)n1. The monoisotopic (exact) mass is 339 g/mol. The predicted octanol–water partition coefficient (Wildman–Crippen LogP) is 2.83. The highest BCUT2D eigenvalue weighted by molar-refractivity contribution is 7.10. The molecule has 22 heavy (non-hydrogen) atoms. The average Bonchev–Trinajstić information content (AvgIpc) is 3.01. The van der Waals surface area contributed by atoms with E-state index >= 15 is 0 Å². The molecule has 2 unspecified atom stereocenters. The summed E-state index contributed by atoms with van der Waals surface area (Å²) >= 11 is 7.61. The van der Waals surface area contributed by atoms with Crippen LogP contribution in [0.5, 0.6) is 0 Å². The molecule has 3 heterocycles. The van der Waals surface area contributed by atoms with Crippen LogP contribution in [0.15, 0.2) is 23.6 Å². The molecular formula is C15H18ClN3O2S. The smallest absolute Gasteiger partial charge is 0.134 e. The summed E-state index contributed by atoms with van der Waals surface area (Å²) in [6.07, 6.45) is 0.105. The van der Waals surface area contributed by atoms with Gasteiger partial charge in [-0.1, -0.05) is 17.7 Å². The number of morpholine rings is 1. The second-order valence-electron chi connectivity index (χ2n) is 5.29. The molecule has 7 heteroatoms. The molecule has 0 bridgehead atoms. The maximum Gasteiger partial charge on any atom is 0.134 e. The minimum Gasteiger partial charge on any atom is -0.387 e. The van der Waals surface area contributed by atoms with E-state index in [1.807, 2.05) is 24.4 Å². The average molecular weight is 340 g/mol. The van der Waals surface area contributed by atoms with Crippen molar-refractivity contribution in [2.75, 3.05) is 24.7 Å². The van der Waals surface area contributed by atoms with Crippen LogP contribution in [0.4, 0.5) is 5.82 Å². The molecule has 0 radical (unpaired) electrons. The number of hydrogen-bond donors (Lipinski definition) is 1. The van der Waals surface area contributed by atoms with Crippen LogP contribution in [0, 0.1) is 6.92 Å². The van der Waals surface area contributed by atoms with E-state index in [-0.39, 0.29) is 6.04 Å². The maximum absolute atomic E-state index is 10.4. The fourth-order valence-corrected chi connectivity index (χ4v) is 3.61. The minimum atomic E-state index is -0.493. The highest BCUT2D eigenvalue weighted by atomic mass is 35.5. The first-order valence-corrected chi connectivity index (χ1v) is 8.46. The fraction of sp³-hybridized carbons (Fsp3) is 0.467. The molecule has 1 N–H and O–H groups in total. The van der Waals surface area contributed by atoms with Crippen molar-refractivity contribution < 1.29 is 9.84 Å². The number of hydrogen-bond acceptors (Lipinski definition) is 6. The number of aliphatic hydroxyl groups excluding tert-OH is 1. The van der Waals surface area contributed by atoms with E-state index in [1.165, 1.54) is 0 Å². The van der Waals surface area contributed by atoms with Gasteiger partial charge in [0.15, 0.2) is 0 Å². The molecule has 2 aromatic rings. The third-order valence-electron chi connectivity index (χ3n) is 3.68. The summed E-state index contributed by atoms with van der Waals surface area (Å²) in [5, 5.41) is 12.8. The van der Waals surface area contributed by atoms with Gasteiger partial charge in [0, 0.05) is 23.9 Å². The first-order valence-electron chi connectivity index (χ1n) is 7.20. The van der Waals surface area contributed by atoms with Crippen molar-refractivity contribution >= 4 is 28.8 Å². The Morgan fingerprint density at radius 1 is 1.55 bits per heavy atom. The largest absolute Gasteiger partial charge is 0.387 e. The van der Waals surface area contributed by atoms with E-state index in [1.54, 1.807) is 17.4 Å². The molecule has 1 aliphatic heterocycles. The van der Waals surface area contributed by atoms with Gasteiger partial charge in [0.1, 0.15) is 16.8 Å². The quantitative estimate of drug-likeness (QED) is 0.868. The molecule has 1 fully saturated rings. The molecule has 5 nitrogen and oxygen atoms in total. The Labute approximate surface area is 138 Å². The molecule has 2 aromatic heterocycles. The first-order chi connectivity index (χ1) is 10.6. The number of anilines is 1. The third kappa shape index (κ3) is 3.57. The third-order valence-corrected chi connectivity index (χ3v) is 4.85. The van der Waals surface area contributed by atoms with Gasteiger partial charge < -0.3 is 14.7 Å². The Kier molecular flexibility index (Phi) is 4.93. The summed E-state index contributed by atoms with van der Waals surface area (Å²) < 4.78 is 5.59. The van der Waals surface area contributed by atoms with Gasteiger partial charge in [-0.2, -0.15) is 0 Å². The van der Waals surface area contributed by atoms with Crippen LogP contribution in [-0.4, -0.2) is 40.9 Å². The second-order valence-corrected chi connectivity index (χ2v) is 6.65. The number of aryl methyl sites for hydroxylation is 1. The molecular weight excluding hydrogens is 322 g/mol. The van der Waals surface area contributed by atoms with Gasteiger partial charge in [-0.3, -0.25) is 0 Å². The predicted molar refractivity (Wildman–Crippen MR) is 87.6 cm³/mol. The summed E-state index contributed by atoms with van der Waals surface area (Å²) in [5.74, 6) is 1.44. The van der Waals surface area contributed by atoms with E-state index in [4.69, 9.17) is 16.3 Å². The number of nitrogens with zero attached hydrogens (tertiary/aromatic N) is 3. The number of ether oxygens (including phenoxy) is 1. The highest BCUT2D eigenvalue weighted by Gasteiger charge is 2.27. The van der Waals surface area contributed by atoms with Crippen LogP contribution >= 0.6 is 22.9 Å². The Morgan fingerprint density at radius 3 is 3.14 bits per heavy atom. The zero-order valence-electron chi connectivity index (χ0n) is 12.3. The fourth-order valence-electron chi connectivity index (χ4n) is 2.67. The zero-order valence-corrected chi connectivity index (χ0v) is 13.8. The van der Waals surface area contributed by atoms with E-state index in [9.17, 15) is 5.11 Å². The number of aliphatic hydroxyl groups is 1. The van der Waals surface area contributed by atoms with Gasteiger partial charge in [-0.15, -0.1) is 11.3 Å². The number of thiophene rings is 1.